The first-order valence-electron chi connectivity index (χ1n) is 8.35. The summed E-state index contributed by atoms with van der Waals surface area (Å²) in [4.78, 5) is 12.5. The lowest BCUT2D eigenvalue weighted by atomic mass is 9.95. The van der Waals surface area contributed by atoms with E-state index < -0.39 is 0 Å². The van der Waals surface area contributed by atoms with Gasteiger partial charge in [-0.15, -0.1) is 0 Å². The van der Waals surface area contributed by atoms with Crippen LogP contribution in [0.1, 0.15) is 57.1 Å². The van der Waals surface area contributed by atoms with Crippen LogP contribution in [0.15, 0.2) is 24.3 Å². The van der Waals surface area contributed by atoms with Gasteiger partial charge in [-0.2, -0.15) is 0 Å². The molecule has 0 saturated heterocycles. The molecule has 1 aliphatic heterocycles. The number of fused-ring (bicyclic) bond motifs is 1. The summed E-state index contributed by atoms with van der Waals surface area (Å²) in [5, 5.41) is 6.62. The van der Waals surface area contributed by atoms with Crippen LogP contribution in [0.5, 0.6) is 0 Å². The quantitative estimate of drug-likeness (QED) is 0.809. The summed E-state index contributed by atoms with van der Waals surface area (Å²) >= 11 is 0. The highest BCUT2D eigenvalue weighted by Gasteiger charge is 2.25. The molecular weight excluding hydrogens is 260 g/mol. The third kappa shape index (κ3) is 4.57. The summed E-state index contributed by atoms with van der Waals surface area (Å²) in [6, 6.07) is 8.64. The summed E-state index contributed by atoms with van der Waals surface area (Å²) in [6.07, 6.45) is 6.47. The fraction of sp³-hybridized carbons (Fsp3) is 0.611. The highest BCUT2D eigenvalue weighted by molar-refractivity contribution is 5.82. The van der Waals surface area contributed by atoms with Crippen molar-refractivity contribution in [1.29, 1.82) is 0 Å². The van der Waals surface area contributed by atoms with Gasteiger partial charge >= 0.3 is 0 Å². The fourth-order valence-electron chi connectivity index (χ4n) is 3.03. The van der Waals surface area contributed by atoms with E-state index in [9.17, 15) is 4.79 Å². The fourth-order valence-corrected chi connectivity index (χ4v) is 3.03. The van der Waals surface area contributed by atoms with Gasteiger partial charge in [0.25, 0.3) is 0 Å². The second-order valence-electron chi connectivity index (χ2n) is 6.04. The molecule has 1 aromatic rings. The molecule has 1 aliphatic rings. The molecule has 1 unspecified atom stereocenters. The number of rotatable bonds is 7. The van der Waals surface area contributed by atoms with Gasteiger partial charge in [-0.3, -0.25) is 4.79 Å². The Morgan fingerprint density at radius 3 is 2.71 bits per heavy atom. The Balaban J connectivity index is 1.91. The number of unbranched alkanes of at least 4 members (excludes halogenated alkanes) is 1. The van der Waals surface area contributed by atoms with Gasteiger partial charge in [0.1, 0.15) is 0 Å². The summed E-state index contributed by atoms with van der Waals surface area (Å²) in [5.41, 5.74) is 2.62. The van der Waals surface area contributed by atoms with Crippen molar-refractivity contribution < 1.29 is 4.79 Å². The standard InChI is InChI=1S/C18H28N2O/c1-3-5-11-16(8-4-2)20-18(21)17-12-14-9-6-7-10-15(14)13-19-17/h6-7,9-10,16-17,19H,3-5,8,11-13H2,1-2H3,(H,20,21)/t16?,17-/m1/s1. The molecule has 21 heavy (non-hydrogen) atoms. The third-order valence-electron chi connectivity index (χ3n) is 4.29. The largest absolute Gasteiger partial charge is 0.352 e. The molecule has 0 aliphatic carbocycles. The van der Waals surface area contributed by atoms with Crippen molar-refractivity contribution in [2.45, 2.75) is 71.0 Å². The van der Waals surface area contributed by atoms with Crippen molar-refractivity contribution >= 4 is 5.91 Å². The number of amides is 1. The van der Waals surface area contributed by atoms with E-state index >= 15 is 0 Å². The summed E-state index contributed by atoms with van der Waals surface area (Å²) in [7, 11) is 0. The number of hydrogen-bond acceptors (Lipinski definition) is 2. The molecule has 0 radical (unpaired) electrons. The highest BCUT2D eigenvalue weighted by atomic mass is 16.2. The number of benzene rings is 1. The number of nitrogens with one attached hydrogen (secondary N) is 2. The lowest BCUT2D eigenvalue weighted by Gasteiger charge is -2.27. The number of carbonyl (C=O) groups is 1. The number of hydrogen-bond donors (Lipinski definition) is 2. The minimum Gasteiger partial charge on any atom is -0.352 e. The maximum Gasteiger partial charge on any atom is 0.237 e. The molecule has 0 aromatic heterocycles. The van der Waals surface area contributed by atoms with Crippen molar-refractivity contribution in [3.8, 4) is 0 Å². The van der Waals surface area contributed by atoms with E-state index in [2.05, 4.69) is 48.7 Å². The van der Waals surface area contributed by atoms with Crippen LogP contribution in [-0.2, 0) is 17.8 Å². The number of carbonyl (C=O) groups excluding carboxylic acids is 1. The van der Waals surface area contributed by atoms with Crippen molar-refractivity contribution in [2.75, 3.05) is 0 Å². The molecule has 1 heterocycles. The third-order valence-corrected chi connectivity index (χ3v) is 4.29. The first kappa shape index (κ1) is 16.0. The smallest absolute Gasteiger partial charge is 0.237 e. The van der Waals surface area contributed by atoms with Crippen LogP contribution < -0.4 is 10.6 Å². The zero-order valence-corrected chi connectivity index (χ0v) is 13.3. The summed E-state index contributed by atoms with van der Waals surface area (Å²) in [6.45, 7) is 5.17. The molecule has 2 atom stereocenters. The van der Waals surface area contributed by atoms with Gasteiger partial charge in [-0.25, -0.2) is 0 Å². The van der Waals surface area contributed by atoms with Gasteiger partial charge in [-0.1, -0.05) is 57.4 Å². The van der Waals surface area contributed by atoms with Crippen molar-refractivity contribution in [2.24, 2.45) is 0 Å². The van der Waals surface area contributed by atoms with Gasteiger partial charge in [0.15, 0.2) is 0 Å². The normalized spacial score (nSPS) is 18.9. The molecular formula is C18H28N2O. The van der Waals surface area contributed by atoms with Crippen LogP contribution in [0, 0.1) is 0 Å². The van der Waals surface area contributed by atoms with E-state index in [1.54, 1.807) is 0 Å². The predicted octanol–water partition coefficient (Wildman–Crippen LogP) is 3.18. The van der Waals surface area contributed by atoms with Crippen molar-refractivity contribution in [1.82, 2.24) is 10.6 Å². The molecule has 3 heteroatoms. The Hall–Kier alpha value is -1.35. The van der Waals surface area contributed by atoms with Crippen LogP contribution in [0.4, 0.5) is 0 Å². The maximum absolute atomic E-state index is 12.5. The molecule has 1 aromatic carbocycles. The second-order valence-corrected chi connectivity index (χ2v) is 6.04. The van der Waals surface area contributed by atoms with E-state index in [0.717, 1.165) is 32.2 Å². The van der Waals surface area contributed by atoms with E-state index in [1.165, 1.54) is 24.0 Å². The van der Waals surface area contributed by atoms with Crippen LogP contribution in [0.3, 0.4) is 0 Å². The molecule has 1 amide bonds. The Kier molecular flexibility index (Phi) is 6.24. The lowest BCUT2D eigenvalue weighted by Crippen LogP contribution is -2.50. The van der Waals surface area contributed by atoms with E-state index in [4.69, 9.17) is 0 Å². The molecule has 0 fully saturated rings. The van der Waals surface area contributed by atoms with Crippen LogP contribution in [-0.4, -0.2) is 18.0 Å². The van der Waals surface area contributed by atoms with Gasteiger partial charge in [0.05, 0.1) is 6.04 Å². The minimum absolute atomic E-state index is 0.0825. The topological polar surface area (TPSA) is 41.1 Å². The minimum atomic E-state index is -0.0825. The van der Waals surface area contributed by atoms with Gasteiger partial charge in [-0.05, 0) is 30.4 Å². The van der Waals surface area contributed by atoms with E-state index in [-0.39, 0.29) is 11.9 Å². The van der Waals surface area contributed by atoms with Gasteiger partial charge < -0.3 is 10.6 Å². The van der Waals surface area contributed by atoms with Crippen LogP contribution in [0.2, 0.25) is 0 Å². The molecule has 3 nitrogen and oxygen atoms in total. The Bertz CT molecular complexity index is 458. The molecule has 0 saturated carbocycles. The average Bonchev–Trinajstić information content (AvgIpc) is 2.52. The SMILES string of the molecule is CCCCC(CCC)NC(=O)[C@H]1Cc2ccccc2CN1. The Morgan fingerprint density at radius 1 is 1.24 bits per heavy atom. The molecule has 2 N–H and O–H groups in total. The van der Waals surface area contributed by atoms with Crippen LogP contribution >= 0.6 is 0 Å². The first-order chi connectivity index (χ1) is 10.2. The zero-order chi connectivity index (χ0) is 15.1. The molecule has 0 spiro atoms. The highest BCUT2D eigenvalue weighted by Crippen LogP contribution is 2.17. The van der Waals surface area contributed by atoms with E-state index in [1.807, 2.05) is 0 Å². The molecule has 116 valence electrons. The average molecular weight is 288 g/mol. The monoisotopic (exact) mass is 288 g/mol. The van der Waals surface area contributed by atoms with E-state index in [0.29, 0.717) is 6.04 Å². The summed E-state index contributed by atoms with van der Waals surface area (Å²) in [5.74, 6) is 0.166. The molecule has 2 rings (SSSR count). The second kappa shape index (κ2) is 8.18. The van der Waals surface area contributed by atoms with Crippen molar-refractivity contribution in [3.05, 3.63) is 35.4 Å². The predicted molar refractivity (Wildman–Crippen MR) is 87.1 cm³/mol. The van der Waals surface area contributed by atoms with Crippen LogP contribution in [0.25, 0.3) is 0 Å². The Labute approximate surface area is 128 Å². The van der Waals surface area contributed by atoms with Gasteiger partial charge in [0.2, 0.25) is 5.91 Å². The first-order valence-corrected chi connectivity index (χ1v) is 8.35. The van der Waals surface area contributed by atoms with Crippen molar-refractivity contribution in [3.63, 3.8) is 0 Å². The lowest BCUT2D eigenvalue weighted by molar-refractivity contribution is -0.124. The summed E-state index contributed by atoms with van der Waals surface area (Å²) < 4.78 is 0. The maximum atomic E-state index is 12.5. The Morgan fingerprint density at radius 2 is 2.00 bits per heavy atom. The zero-order valence-electron chi connectivity index (χ0n) is 13.3. The van der Waals surface area contributed by atoms with Gasteiger partial charge in [0, 0.05) is 12.6 Å². The molecule has 0 bridgehead atoms.